The van der Waals surface area contributed by atoms with Gasteiger partial charge in [-0.1, -0.05) is 19.1 Å². The molecule has 1 unspecified atom stereocenters. The first-order chi connectivity index (χ1) is 9.75. The zero-order valence-corrected chi connectivity index (χ0v) is 13.8. The number of likely N-dealkylation sites (N-methyl/N-ethyl adjacent to an activating group) is 1. The van der Waals surface area contributed by atoms with E-state index in [9.17, 15) is 12.8 Å². The Morgan fingerprint density at radius 2 is 2.14 bits per heavy atom. The highest BCUT2D eigenvalue weighted by molar-refractivity contribution is 7.89. The Hall–Kier alpha value is -1.09. The minimum atomic E-state index is -3.77. The number of sulfonamides is 1. The number of rotatable bonds is 7. The number of benzene rings is 1. The maximum Gasteiger partial charge on any atom is 0.243 e. The molecule has 0 fully saturated rings. The molecule has 0 aliphatic heterocycles. The van der Waals surface area contributed by atoms with Gasteiger partial charge in [0, 0.05) is 25.3 Å². The molecule has 8 heteroatoms. The standard InChI is InChI=1S/C13H19FN2O3S2/c1-4-16(9(2)8-19-3)21(17,18)10-5-6-12(14)11(7-10)13(15)20/h5-7,9H,4,8H2,1-3H3,(H2,15,20). The van der Waals surface area contributed by atoms with Crippen LogP contribution in [-0.4, -0.2) is 44.0 Å². The van der Waals surface area contributed by atoms with Crippen LogP contribution < -0.4 is 5.73 Å². The topological polar surface area (TPSA) is 72.6 Å². The number of nitrogens with two attached hydrogens (primary N) is 1. The van der Waals surface area contributed by atoms with Gasteiger partial charge in [-0.05, 0) is 25.1 Å². The second-order valence-corrected chi connectivity index (χ2v) is 6.85. The molecule has 1 atom stereocenters. The lowest BCUT2D eigenvalue weighted by Gasteiger charge is -2.26. The summed E-state index contributed by atoms with van der Waals surface area (Å²) in [5.41, 5.74) is 5.32. The summed E-state index contributed by atoms with van der Waals surface area (Å²) in [4.78, 5) is -0.228. The van der Waals surface area contributed by atoms with Crippen molar-refractivity contribution in [1.29, 1.82) is 0 Å². The fourth-order valence-corrected chi connectivity index (χ4v) is 3.84. The van der Waals surface area contributed by atoms with Crippen molar-refractivity contribution in [3.63, 3.8) is 0 Å². The largest absolute Gasteiger partial charge is 0.389 e. The summed E-state index contributed by atoms with van der Waals surface area (Å²) in [5, 5.41) is 0. The molecule has 5 nitrogen and oxygen atoms in total. The van der Waals surface area contributed by atoms with Gasteiger partial charge in [0.2, 0.25) is 10.0 Å². The summed E-state index contributed by atoms with van der Waals surface area (Å²) in [6.45, 7) is 3.99. The Kier molecular flexibility index (Phi) is 6.21. The summed E-state index contributed by atoms with van der Waals surface area (Å²) < 4.78 is 45.1. The molecular formula is C13H19FN2O3S2. The van der Waals surface area contributed by atoms with E-state index >= 15 is 0 Å². The molecule has 0 aliphatic carbocycles. The number of hydrogen-bond acceptors (Lipinski definition) is 4. The number of thiocarbonyl (C=S) groups is 1. The van der Waals surface area contributed by atoms with Crippen LogP contribution in [0, 0.1) is 5.82 Å². The molecule has 0 heterocycles. The fourth-order valence-electron chi connectivity index (χ4n) is 2.03. The van der Waals surface area contributed by atoms with Crippen LogP contribution in [0.5, 0.6) is 0 Å². The lowest BCUT2D eigenvalue weighted by Crippen LogP contribution is -2.40. The van der Waals surface area contributed by atoms with Gasteiger partial charge in [0.15, 0.2) is 0 Å². The highest BCUT2D eigenvalue weighted by atomic mass is 32.2. The molecule has 0 aliphatic rings. The van der Waals surface area contributed by atoms with E-state index in [2.05, 4.69) is 0 Å². The van der Waals surface area contributed by atoms with Crippen molar-refractivity contribution < 1.29 is 17.5 Å². The SMILES string of the molecule is CCN(C(C)COC)S(=O)(=O)c1ccc(F)c(C(N)=S)c1. The molecule has 1 aromatic rings. The van der Waals surface area contributed by atoms with E-state index < -0.39 is 15.8 Å². The van der Waals surface area contributed by atoms with Crippen LogP contribution >= 0.6 is 12.2 Å². The van der Waals surface area contributed by atoms with E-state index in [4.69, 9.17) is 22.7 Å². The Morgan fingerprint density at radius 1 is 1.52 bits per heavy atom. The Bertz CT molecular complexity index is 620. The predicted octanol–water partition coefficient (Wildman–Crippen LogP) is 1.51. The summed E-state index contributed by atoms with van der Waals surface area (Å²) in [5.74, 6) is -0.644. The third-order valence-corrected chi connectivity index (χ3v) is 5.33. The van der Waals surface area contributed by atoms with Crippen molar-refractivity contribution in [3.8, 4) is 0 Å². The Labute approximate surface area is 129 Å². The van der Waals surface area contributed by atoms with E-state index in [1.165, 1.54) is 17.5 Å². The smallest absolute Gasteiger partial charge is 0.243 e. The first-order valence-corrected chi connectivity index (χ1v) is 8.20. The van der Waals surface area contributed by atoms with Crippen molar-refractivity contribution >= 4 is 27.2 Å². The van der Waals surface area contributed by atoms with E-state index in [0.29, 0.717) is 0 Å². The maximum absolute atomic E-state index is 13.6. The lowest BCUT2D eigenvalue weighted by molar-refractivity contribution is 0.142. The third-order valence-electron chi connectivity index (χ3n) is 3.02. The lowest BCUT2D eigenvalue weighted by atomic mass is 10.2. The zero-order chi connectivity index (χ0) is 16.2. The van der Waals surface area contributed by atoms with Gasteiger partial charge in [-0.25, -0.2) is 12.8 Å². The number of methoxy groups -OCH3 is 1. The van der Waals surface area contributed by atoms with Crippen molar-refractivity contribution in [1.82, 2.24) is 4.31 Å². The maximum atomic E-state index is 13.6. The van der Waals surface area contributed by atoms with Crippen LogP contribution in [0.3, 0.4) is 0 Å². The first kappa shape index (κ1) is 18.0. The molecule has 0 aromatic heterocycles. The molecule has 0 radical (unpaired) electrons. The van der Waals surface area contributed by atoms with Gasteiger partial charge >= 0.3 is 0 Å². The molecule has 1 rings (SSSR count). The van der Waals surface area contributed by atoms with Crippen LogP contribution in [0.1, 0.15) is 19.4 Å². The van der Waals surface area contributed by atoms with E-state index in [0.717, 1.165) is 12.1 Å². The minimum Gasteiger partial charge on any atom is -0.389 e. The van der Waals surface area contributed by atoms with E-state index in [1.54, 1.807) is 13.8 Å². The molecule has 0 saturated carbocycles. The number of hydrogen-bond donors (Lipinski definition) is 1. The van der Waals surface area contributed by atoms with Gasteiger partial charge in [0.05, 0.1) is 11.5 Å². The summed E-state index contributed by atoms with van der Waals surface area (Å²) in [6.07, 6.45) is 0. The quantitative estimate of drug-likeness (QED) is 0.765. The van der Waals surface area contributed by atoms with E-state index in [1.807, 2.05) is 0 Å². The predicted molar refractivity (Wildman–Crippen MR) is 83.2 cm³/mol. The summed E-state index contributed by atoms with van der Waals surface area (Å²) in [6, 6.07) is 3.07. The van der Waals surface area contributed by atoms with Crippen molar-refractivity contribution in [2.75, 3.05) is 20.3 Å². The number of ether oxygens (including phenoxy) is 1. The number of nitrogens with zero attached hydrogens (tertiary/aromatic N) is 1. The summed E-state index contributed by atoms with van der Waals surface area (Å²) in [7, 11) is -2.27. The minimum absolute atomic E-state index is 0.0449. The van der Waals surface area contributed by atoms with Crippen molar-refractivity contribution in [3.05, 3.63) is 29.6 Å². The molecule has 0 amide bonds. The van der Waals surface area contributed by atoms with Gasteiger partial charge < -0.3 is 10.5 Å². The molecule has 2 N–H and O–H groups in total. The molecule has 0 bridgehead atoms. The Morgan fingerprint density at radius 3 is 2.62 bits per heavy atom. The van der Waals surface area contributed by atoms with Crippen molar-refractivity contribution in [2.45, 2.75) is 24.8 Å². The molecule has 0 saturated heterocycles. The van der Waals surface area contributed by atoms with Gasteiger partial charge in [-0.3, -0.25) is 0 Å². The van der Waals surface area contributed by atoms with Gasteiger partial charge in [-0.15, -0.1) is 0 Å². The molecular weight excluding hydrogens is 315 g/mol. The highest BCUT2D eigenvalue weighted by Crippen LogP contribution is 2.21. The van der Waals surface area contributed by atoms with Crippen LogP contribution in [0.2, 0.25) is 0 Å². The van der Waals surface area contributed by atoms with Crippen LogP contribution in [0.4, 0.5) is 4.39 Å². The monoisotopic (exact) mass is 334 g/mol. The molecule has 0 spiro atoms. The summed E-state index contributed by atoms with van der Waals surface area (Å²) >= 11 is 4.73. The van der Waals surface area contributed by atoms with Gasteiger partial charge in [0.25, 0.3) is 0 Å². The molecule has 21 heavy (non-hydrogen) atoms. The molecule has 1 aromatic carbocycles. The van der Waals surface area contributed by atoms with Gasteiger partial charge in [0.1, 0.15) is 10.8 Å². The molecule has 118 valence electrons. The zero-order valence-electron chi connectivity index (χ0n) is 12.2. The van der Waals surface area contributed by atoms with Crippen LogP contribution in [-0.2, 0) is 14.8 Å². The highest BCUT2D eigenvalue weighted by Gasteiger charge is 2.28. The average Bonchev–Trinajstić information content (AvgIpc) is 2.39. The van der Waals surface area contributed by atoms with E-state index in [-0.39, 0.29) is 34.6 Å². The normalized spacial score (nSPS) is 13.4. The fraction of sp³-hybridized carbons (Fsp3) is 0.462. The first-order valence-electron chi connectivity index (χ1n) is 6.35. The van der Waals surface area contributed by atoms with Gasteiger partial charge in [-0.2, -0.15) is 4.31 Å². The second kappa shape index (κ2) is 7.26. The van der Waals surface area contributed by atoms with Crippen LogP contribution in [0.25, 0.3) is 0 Å². The Balaban J connectivity index is 3.29. The third kappa shape index (κ3) is 3.97. The number of halogens is 1. The average molecular weight is 334 g/mol. The van der Waals surface area contributed by atoms with Crippen molar-refractivity contribution in [2.24, 2.45) is 5.73 Å². The van der Waals surface area contributed by atoms with Crippen LogP contribution in [0.15, 0.2) is 23.1 Å². The second-order valence-electron chi connectivity index (χ2n) is 4.52.